The Balaban J connectivity index is 2.12. The Kier molecular flexibility index (Phi) is 4.72. The third-order valence-corrected chi connectivity index (χ3v) is 4.40. The van der Waals surface area contributed by atoms with Crippen molar-refractivity contribution in [1.82, 2.24) is 4.90 Å². The maximum absolute atomic E-state index is 12.3. The molecule has 1 fully saturated rings. The van der Waals surface area contributed by atoms with Gasteiger partial charge in [-0.05, 0) is 43.4 Å². The van der Waals surface area contributed by atoms with Gasteiger partial charge in [-0.2, -0.15) is 0 Å². The predicted molar refractivity (Wildman–Crippen MR) is 87.1 cm³/mol. The zero-order valence-corrected chi connectivity index (χ0v) is 13.7. The number of benzene rings is 1. The van der Waals surface area contributed by atoms with Crippen LogP contribution in [0.15, 0.2) is 24.3 Å². The van der Waals surface area contributed by atoms with Gasteiger partial charge in [-0.3, -0.25) is 10.2 Å². The van der Waals surface area contributed by atoms with E-state index in [2.05, 4.69) is 13.8 Å². The number of halogens is 1. The summed E-state index contributed by atoms with van der Waals surface area (Å²) in [6.45, 7) is 6.91. The number of Topliss-reactive ketones (excluding diaryl/α,β-unsaturated/α-hetero) is 1. The SMILES string of the molecule is CC(C)CC1(C)C(=O)CC(=N)N1CCc1cccc(Cl)c1. The third kappa shape index (κ3) is 3.46. The minimum absolute atomic E-state index is 0.173. The van der Waals surface area contributed by atoms with Crippen molar-refractivity contribution in [2.24, 2.45) is 5.92 Å². The molecule has 1 aliphatic rings. The monoisotopic (exact) mass is 306 g/mol. The van der Waals surface area contributed by atoms with Crippen LogP contribution in [0.2, 0.25) is 5.02 Å². The topological polar surface area (TPSA) is 44.2 Å². The first kappa shape index (κ1) is 16.0. The van der Waals surface area contributed by atoms with Crippen LogP contribution in [0.1, 0.15) is 39.2 Å². The molecule has 0 saturated carbocycles. The Morgan fingerprint density at radius 1 is 1.43 bits per heavy atom. The van der Waals surface area contributed by atoms with E-state index in [0.717, 1.165) is 23.4 Å². The molecule has 1 atom stereocenters. The maximum Gasteiger partial charge on any atom is 0.165 e. The van der Waals surface area contributed by atoms with Crippen molar-refractivity contribution in [2.45, 2.75) is 45.6 Å². The molecule has 0 spiro atoms. The highest BCUT2D eigenvalue weighted by atomic mass is 35.5. The largest absolute Gasteiger partial charge is 0.347 e. The lowest BCUT2D eigenvalue weighted by atomic mass is 9.87. The summed E-state index contributed by atoms with van der Waals surface area (Å²) in [4.78, 5) is 14.3. The van der Waals surface area contributed by atoms with Crippen LogP contribution in [0.4, 0.5) is 0 Å². The van der Waals surface area contributed by atoms with E-state index in [-0.39, 0.29) is 12.2 Å². The van der Waals surface area contributed by atoms with Gasteiger partial charge in [0, 0.05) is 11.6 Å². The van der Waals surface area contributed by atoms with Gasteiger partial charge >= 0.3 is 0 Å². The molecule has 1 N–H and O–H groups in total. The Labute approximate surface area is 131 Å². The fraction of sp³-hybridized carbons (Fsp3) is 0.529. The van der Waals surface area contributed by atoms with Crippen LogP contribution < -0.4 is 0 Å². The van der Waals surface area contributed by atoms with Crippen LogP contribution in [-0.2, 0) is 11.2 Å². The number of amidine groups is 1. The number of hydrogen-bond donors (Lipinski definition) is 1. The second-order valence-electron chi connectivity index (χ2n) is 6.45. The fourth-order valence-corrected chi connectivity index (χ4v) is 3.43. The zero-order valence-electron chi connectivity index (χ0n) is 12.9. The second-order valence-corrected chi connectivity index (χ2v) is 6.89. The van der Waals surface area contributed by atoms with Crippen molar-refractivity contribution >= 4 is 23.2 Å². The van der Waals surface area contributed by atoms with Gasteiger partial charge in [-0.15, -0.1) is 0 Å². The normalized spacial score (nSPS) is 22.4. The number of nitrogens with one attached hydrogen (secondary N) is 1. The summed E-state index contributed by atoms with van der Waals surface area (Å²) in [6.07, 6.45) is 1.85. The molecule has 0 aliphatic carbocycles. The third-order valence-electron chi connectivity index (χ3n) is 4.17. The molecule has 0 bridgehead atoms. The Bertz CT molecular complexity index is 555. The van der Waals surface area contributed by atoms with E-state index in [1.807, 2.05) is 36.1 Å². The number of ketones is 1. The van der Waals surface area contributed by atoms with Crippen molar-refractivity contribution in [3.63, 3.8) is 0 Å². The summed E-state index contributed by atoms with van der Waals surface area (Å²) >= 11 is 6.01. The van der Waals surface area contributed by atoms with E-state index in [4.69, 9.17) is 17.0 Å². The maximum atomic E-state index is 12.3. The second kappa shape index (κ2) is 6.18. The molecule has 1 aliphatic heterocycles. The first-order valence-corrected chi connectivity index (χ1v) is 7.83. The Morgan fingerprint density at radius 3 is 2.76 bits per heavy atom. The van der Waals surface area contributed by atoms with E-state index in [9.17, 15) is 4.79 Å². The van der Waals surface area contributed by atoms with Gasteiger partial charge in [0.2, 0.25) is 0 Å². The van der Waals surface area contributed by atoms with Gasteiger partial charge in [-0.25, -0.2) is 0 Å². The minimum Gasteiger partial charge on any atom is -0.347 e. The van der Waals surface area contributed by atoms with E-state index in [0.29, 0.717) is 18.3 Å². The molecule has 1 heterocycles. The lowest BCUT2D eigenvalue weighted by Crippen LogP contribution is -2.48. The summed E-state index contributed by atoms with van der Waals surface area (Å²) in [6, 6.07) is 7.77. The van der Waals surface area contributed by atoms with Gasteiger partial charge in [0.15, 0.2) is 5.78 Å². The minimum atomic E-state index is -0.524. The molecule has 114 valence electrons. The van der Waals surface area contributed by atoms with Gasteiger partial charge in [0.05, 0.1) is 12.0 Å². The van der Waals surface area contributed by atoms with Crippen LogP contribution in [0, 0.1) is 11.3 Å². The molecule has 3 nitrogen and oxygen atoms in total. The average molecular weight is 307 g/mol. The lowest BCUT2D eigenvalue weighted by molar-refractivity contribution is -0.125. The number of carbonyl (C=O) groups excluding carboxylic acids is 1. The zero-order chi connectivity index (χ0) is 15.6. The van der Waals surface area contributed by atoms with Crippen molar-refractivity contribution < 1.29 is 4.79 Å². The highest BCUT2D eigenvalue weighted by Crippen LogP contribution is 2.33. The van der Waals surface area contributed by atoms with Crippen molar-refractivity contribution in [2.75, 3.05) is 6.54 Å². The molecule has 4 heteroatoms. The number of rotatable bonds is 5. The van der Waals surface area contributed by atoms with Crippen LogP contribution in [-0.4, -0.2) is 28.6 Å². The summed E-state index contributed by atoms with van der Waals surface area (Å²) < 4.78 is 0. The van der Waals surface area contributed by atoms with Gasteiger partial charge in [0.25, 0.3) is 0 Å². The predicted octanol–water partition coefficient (Wildman–Crippen LogP) is 3.94. The van der Waals surface area contributed by atoms with Crippen LogP contribution in [0.25, 0.3) is 0 Å². The molecular formula is C17H23ClN2O. The first-order chi connectivity index (χ1) is 9.83. The van der Waals surface area contributed by atoms with E-state index in [1.54, 1.807) is 0 Å². The lowest BCUT2D eigenvalue weighted by Gasteiger charge is -2.36. The summed E-state index contributed by atoms with van der Waals surface area (Å²) in [5.74, 6) is 1.05. The number of nitrogens with zero attached hydrogens (tertiary/aromatic N) is 1. The van der Waals surface area contributed by atoms with E-state index < -0.39 is 5.54 Å². The number of carbonyl (C=O) groups is 1. The smallest absolute Gasteiger partial charge is 0.165 e. The molecule has 1 unspecified atom stereocenters. The van der Waals surface area contributed by atoms with Crippen LogP contribution in [0.3, 0.4) is 0 Å². The van der Waals surface area contributed by atoms with E-state index >= 15 is 0 Å². The molecule has 2 rings (SSSR count). The van der Waals surface area contributed by atoms with Crippen molar-refractivity contribution in [3.05, 3.63) is 34.9 Å². The van der Waals surface area contributed by atoms with Gasteiger partial charge < -0.3 is 4.90 Å². The van der Waals surface area contributed by atoms with Gasteiger partial charge in [-0.1, -0.05) is 37.6 Å². The molecule has 1 aromatic carbocycles. The average Bonchev–Trinajstić information content (AvgIpc) is 2.57. The first-order valence-electron chi connectivity index (χ1n) is 7.46. The Hall–Kier alpha value is -1.35. The summed E-state index contributed by atoms with van der Waals surface area (Å²) in [7, 11) is 0. The highest BCUT2D eigenvalue weighted by Gasteiger charge is 2.46. The standard InChI is InChI=1S/C17H23ClN2O/c1-12(2)11-17(3)15(21)10-16(19)20(17)8-7-13-5-4-6-14(18)9-13/h4-6,9,12,19H,7-8,10-11H2,1-3H3. The number of likely N-dealkylation sites (tertiary alicyclic amines) is 1. The molecule has 1 aromatic rings. The molecule has 0 aromatic heterocycles. The summed E-state index contributed by atoms with van der Waals surface area (Å²) in [5.41, 5.74) is 0.616. The fourth-order valence-electron chi connectivity index (χ4n) is 3.22. The quantitative estimate of drug-likeness (QED) is 0.895. The molecular weight excluding hydrogens is 284 g/mol. The molecule has 0 radical (unpaired) electrons. The van der Waals surface area contributed by atoms with Crippen LogP contribution in [0.5, 0.6) is 0 Å². The molecule has 1 saturated heterocycles. The number of hydrogen-bond acceptors (Lipinski definition) is 2. The molecule has 0 amide bonds. The Morgan fingerprint density at radius 2 is 2.14 bits per heavy atom. The van der Waals surface area contributed by atoms with Crippen molar-refractivity contribution in [3.8, 4) is 0 Å². The van der Waals surface area contributed by atoms with Gasteiger partial charge in [0.1, 0.15) is 5.84 Å². The van der Waals surface area contributed by atoms with E-state index in [1.165, 1.54) is 0 Å². The van der Waals surface area contributed by atoms with Crippen LogP contribution >= 0.6 is 11.6 Å². The van der Waals surface area contributed by atoms with Crippen molar-refractivity contribution in [1.29, 1.82) is 5.41 Å². The summed E-state index contributed by atoms with van der Waals surface area (Å²) in [5, 5.41) is 8.85. The highest BCUT2D eigenvalue weighted by molar-refractivity contribution is 6.30. The molecule has 21 heavy (non-hydrogen) atoms.